The number of anilines is 1. The van der Waals surface area contributed by atoms with Crippen molar-refractivity contribution in [2.45, 2.75) is 37.6 Å². The highest BCUT2D eigenvalue weighted by molar-refractivity contribution is 7.90. The molecule has 1 amide bonds. The minimum atomic E-state index is -3.34. The number of nitrogens with one attached hydrogen (secondary N) is 2. The molecule has 2 N–H and O–H groups in total. The number of rotatable bonds is 5. The van der Waals surface area contributed by atoms with Gasteiger partial charge in [0.25, 0.3) is 0 Å². The molecule has 0 unspecified atom stereocenters. The predicted molar refractivity (Wildman–Crippen MR) is 78.3 cm³/mol. The van der Waals surface area contributed by atoms with Gasteiger partial charge >= 0.3 is 0 Å². The van der Waals surface area contributed by atoms with Crippen LogP contribution in [0.15, 0.2) is 23.2 Å². The molecule has 0 radical (unpaired) electrons. The Morgan fingerprint density at radius 1 is 1.35 bits per heavy atom. The standard InChI is InChI=1S/C13H21N3O3S/c1-13(2,3)16-11(17)7-9-15-12-10(20(4,18)19)6-5-8-14-12/h5-6,8H,7,9H2,1-4H3,(H,14,15)(H,16,17). The Morgan fingerprint density at radius 2 is 2.00 bits per heavy atom. The molecular formula is C13H21N3O3S. The van der Waals surface area contributed by atoms with E-state index in [4.69, 9.17) is 0 Å². The maximum Gasteiger partial charge on any atom is 0.222 e. The Labute approximate surface area is 119 Å². The minimum Gasteiger partial charge on any atom is -0.368 e. The molecule has 0 aliphatic carbocycles. The third kappa shape index (κ3) is 5.56. The van der Waals surface area contributed by atoms with Crippen molar-refractivity contribution in [3.63, 3.8) is 0 Å². The van der Waals surface area contributed by atoms with E-state index < -0.39 is 9.84 Å². The third-order valence-corrected chi connectivity index (χ3v) is 3.46. The van der Waals surface area contributed by atoms with Crippen LogP contribution in [0.2, 0.25) is 0 Å². The van der Waals surface area contributed by atoms with Gasteiger partial charge in [0.1, 0.15) is 10.7 Å². The Kier molecular flexibility index (Phi) is 5.10. The minimum absolute atomic E-state index is 0.0955. The SMILES string of the molecule is CC(C)(C)NC(=O)CCNc1ncccc1S(C)(=O)=O. The molecule has 0 aliphatic heterocycles. The number of aromatic nitrogens is 1. The lowest BCUT2D eigenvalue weighted by atomic mass is 10.1. The van der Waals surface area contributed by atoms with Crippen LogP contribution in [-0.4, -0.2) is 37.6 Å². The molecule has 6 nitrogen and oxygen atoms in total. The molecule has 1 aromatic heterocycles. The smallest absolute Gasteiger partial charge is 0.222 e. The zero-order chi connectivity index (χ0) is 15.4. The summed E-state index contributed by atoms with van der Waals surface area (Å²) in [6.07, 6.45) is 2.88. The van der Waals surface area contributed by atoms with Crippen LogP contribution >= 0.6 is 0 Å². The van der Waals surface area contributed by atoms with Crippen molar-refractivity contribution in [2.75, 3.05) is 18.1 Å². The molecule has 0 saturated heterocycles. The van der Waals surface area contributed by atoms with Gasteiger partial charge in [-0.2, -0.15) is 0 Å². The van der Waals surface area contributed by atoms with Gasteiger partial charge in [0.2, 0.25) is 5.91 Å². The number of carbonyl (C=O) groups excluding carboxylic acids is 1. The fourth-order valence-corrected chi connectivity index (χ4v) is 2.40. The molecule has 20 heavy (non-hydrogen) atoms. The first kappa shape index (κ1) is 16.4. The summed E-state index contributed by atoms with van der Waals surface area (Å²) in [4.78, 5) is 15.8. The van der Waals surface area contributed by atoms with Crippen LogP contribution in [-0.2, 0) is 14.6 Å². The van der Waals surface area contributed by atoms with Gasteiger partial charge < -0.3 is 10.6 Å². The van der Waals surface area contributed by atoms with Crippen LogP contribution in [0.1, 0.15) is 27.2 Å². The first-order valence-electron chi connectivity index (χ1n) is 6.29. The molecule has 7 heteroatoms. The molecule has 112 valence electrons. The van der Waals surface area contributed by atoms with Crippen LogP contribution < -0.4 is 10.6 Å². The van der Waals surface area contributed by atoms with Gasteiger partial charge in [0.05, 0.1) is 0 Å². The Hall–Kier alpha value is -1.63. The lowest BCUT2D eigenvalue weighted by molar-refractivity contribution is -0.122. The first-order valence-corrected chi connectivity index (χ1v) is 8.19. The van der Waals surface area contributed by atoms with Crippen LogP contribution in [0.5, 0.6) is 0 Å². The number of sulfone groups is 1. The molecule has 1 heterocycles. The summed E-state index contributed by atoms with van der Waals surface area (Å²) in [7, 11) is -3.34. The normalized spacial score (nSPS) is 12.0. The number of carbonyl (C=O) groups is 1. The summed E-state index contributed by atoms with van der Waals surface area (Å²) in [6, 6.07) is 3.05. The summed E-state index contributed by atoms with van der Waals surface area (Å²) in [5, 5.41) is 5.72. The topological polar surface area (TPSA) is 88.2 Å². The van der Waals surface area contributed by atoms with Crippen molar-refractivity contribution >= 4 is 21.6 Å². The van der Waals surface area contributed by atoms with E-state index in [-0.39, 0.29) is 28.6 Å². The highest BCUT2D eigenvalue weighted by Gasteiger charge is 2.15. The molecule has 0 fully saturated rings. The van der Waals surface area contributed by atoms with Crippen LogP contribution in [0.25, 0.3) is 0 Å². The first-order chi connectivity index (χ1) is 9.09. The van der Waals surface area contributed by atoms with Gasteiger partial charge in [-0.25, -0.2) is 13.4 Å². The van der Waals surface area contributed by atoms with E-state index in [1.807, 2.05) is 20.8 Å². The van der Waals surface area contributed by atoms with Crippen LogP contribution in [0, 0.1) is 0 Å². The van der Waals surface area contributed by atoms with E-state index in [1.54, 1.807) is 6.07 Å². The van der Waals surface area contributed by atoms with Crippen molar-refractivity contribution in [3.05, 3.63) is 18.3 Å². The molecule has 0 atom stereocenters. The zero-order valence-corrected chi connectivity index (χ0v) is 13.0. The molecule has 0 aromatic carbocycles. The molecule has 0 bridgehead atoms. The maximum absolute atomic E-state index is 11.6. The van der Waals surface area contributed by atoms with Crippen LogP contribution in [0.4, 0.5) is 5.82 Å². The van der Waals surface area contributed by atoms with Gasteiger partial charge in [0.15, 0.2) is 9.84 Å². The largest absolute Gasteiger partial charge is 0.368 e. The highest BCUT2D eigenvalue weighted by atomic mass is 32.2. The fraction of sp³-hybridized carbons (Fsp3) is 0.538. The van der Waals surface area contributed by atoms with E-state index in [2.05, 4.69) is 15.6 Å². The number of hydrogen-bond acceptors (Lipinski definition) is 5. The van der Waals surface area contributed by atoms with Crippen molar-refractivity contribution < 1.29 is 13.2 Å². The lowest BCUT2D eigenvalue weighted by Gasteiger charge is -2.20. The summed E-state index contributed by atoms with van der Waals surface area (Å²) in [6.45, 7) is 6.03. The number of nitrogens with zero attached hydrogens (tertiary/aromatic N) is 1. The van der Waals surface area contributed by atoms with Crippen molar-refractivity contribution in [1.29, 1.82) is 0 Å². The molecule has 0 spiro atoms. The number of hydrogen-bond donors (Lipinski definition) is 2. The summed E-state index contributed by atoms with van der Waals surface area (Å²) < 4.78 is 23.2. The predicted octanol–water partition coefficient (Wildman–Crippen LogP) is 1.20. The van der Waals surface area contributed by atoms with E-state index in [0.29, 0.717) is 6.54 Å². The summed E-state index contributed by atoms with van der Waals surface area (Å²) in [5.74, 6) is 0.181. The average Bonchev–Trinajstić information content (AvgIpc) is 2.25. The number of amides is 1. The van der Waals surface area contributed by atoms with Crippen molar-refractivity contribution in [1.82, 2.24) is 10.3 Å². The Bertz CT molecular complexity index is 577. The van der Waals surface area contributed by atoms with E-state index >= 15 is 0 Å². The molecule has 0 saturated carbocycles. The lowest BCUT2D eigenvalue weighted by Crippen LogP contribution is -2.41. The fourth-order valence-electron chi connectivity index (χ4n) is 1.60. The zero-order valence-electron chi connectivity index (χ0n) is 12.2. The Morgan fingerprint density at radius 3 is 2.55 bits per heavy atom. The monoisotopic (exact) mass is 299 g/mol. The molecule has 0 aliphatic rings. The number of pyridine rings is 1. The van der Waals surface area contributed by atoms with Gasteiger partial charge in [-0.05, 0) is 32.9 Å². The second-order valence-electron chi connectivity index (χ2n) is 5.60. The summed E-state index contributed by atoms with van der Waals surface area (Å²) >= 11 is 0. The summed E-state index contributed by atoms with van der Waals surface area (Å²) in [5.41, 5.74) is -0.278. The van der Waals surface area contributed by atoms with E-state index in [9.17, 15) is 13.2 Å². The molecular weight excluding hydrogens is 278 g/mol. The van der Waals surface area contributed by atoms with Crippen molar-refractivity contribution in [2.24, 2.45) is 0 Å². The van der Waals surface area contributed by atoms with Gasteiger partial charge in [-0.1, -0.05) is 0 Å². The second-order valence-corrected chi connectivity index (χ2v) is 7.58. The maximum atomic E-state index is 11.6. The van der Waals surface area contributed by atoms with Gasteiger partial charge in [-0.3, -0.25) is 4.79 Å². The molecule has 1 rings (SSSR count). The molecule has 1 aromatic rings. The third-order valence-electron chi connectivity index (χ3n) is 2.33. The Balaban J connectivity index is 2.62. The highest BCUT2D eigenvalue weighted by Crippen LogP contribution is 2.17. The van der Waals surface area contributed by atoms with Crippen LogP contribution in [0.3, 0.4) is 0 Å². The quantitative estimate of drug-likeness (QED) is 0.853. The average molecular weight is 299 g/mol. The van der Waals surface area contributed by atoms with Gasteiger partial charge in [-0.15, -0.1) is 0 Å². The van der Waals surface area contributed by atoms with Gasteiger partial charge in [0, 0.05) is 31.0 Å². The second kappa shape index (κ2) is 6.21. The van der Waals surface area contributed by atoms with E-state index in [1.165, 1.54) is 12.3 Å². The van der Waals surface area contributed by atoms with Crippen molar-refractivity contribution in [3.8, 4) is 0 Å². The van der Waals surface area contributed by atoms with E-state index in [0.717, 1.165) is 6.26 Å².